The van der Waals surface area contributed by atoms with Crippen molar-refractivity contribution in [1.82, 2.24) is 4.90 Å². The summed E-state index contributed by atoms with van der Waals surface area (Å²) in [5, 5.41) is 0.000945. The van der Waals surface area contributed by atoms with Crippen molar-refractivity contribution in [3.63, 3.8) is 0 Å². The third-order valence-electron chi connectivity index (χ3n) is 5.13. The fourth-order valence-electron chi connectivity index (χ4n) is 3.42. The molecular weight excluding hydrogens is 422 g/mol. The molecule has 1 aliphatic rings. The fraction of sp³-hybridized carbons (Fsp3) is 0.409. The van der Waals surface area contributed by atoms with Crippen LogP contribution in [-0.4, -0.2) is 63.8 Å². The van der Waals surface area contributed by atoms with Gasteiger partial charge in [0.25, 0.3) is 5.91 Å². The van der Waals surface area contributed by atoms with Crippen molar-refractivity contribution < 1.29 is 22.7 Å². The minimum absolute atomic E-state index is 0.000945. The zero-order chi connectivity index (χ0) is 21.7. The maximum atomic E-state index is 13.1. The minimum atomic E-state index is -2.95. The van der Waals surface area contributed by atoms with Gasteiger partial charge in [-0.25, -0.2) is 8.42 Å². The van der Waals surface area contributed by atoms with Crippen LogP contribution in [0.3, 0.4) is 0 Å². The van der Waals surface area contributed by atoms with E-state index >= 15 is 0 Å². The first-order chi connectivity index (χ1) is 14.3. The molecular formula is C22H27NO5S2. The molecule has 0 aromatic heterocycles. The molecule has 6 nitrogen and oxygen atoms in total. The molecule has 1 fully saturated rings. The molecule has 1 saturated heterocycles. The van der Waals surface area contributed by atoms with Gasteiger partial charge in [0.2, 0.25) is 0 Å². The molecule has 0 aliphatic carbocycles. The summed E-state index contributed by atoms with van der Waals surface area (Å²) in [5.41, 5.74) is 1.66. The average Bonchev–Trinajstić information content (AvgIpc) is 3.09. The molecule has 0 radical (unpaired) electrons. The third kappa shape index (κ3) is 5.49. The molecule has 0 N–H and O–H groups in total. The normalized spacial score (nSPS) is 17.5. The van der Waals surface area contributed by atoms with Gasteiger partial charge in [-0.3, -0.25) is 4.79 Å². The van der Waals surface area contributed by atoms with Crippen molar-refractivity contribution in [2.45, 2.75) is 23.0 Å². The lowest BCUT2D eigenvalue weighted by molar-refractivity contribution is 0.0793. The van der Waals surface area contributed by atoms with Crippen LogP contribution in [0.2, 0.25) is 0 Å². The minimum Gasteiger partial charge on any atom is -0.493 e. The second-order valence-corrected chi connectivity index (χ2v) is 10.9. The number of likely N-dealkylation sites (N-methyl/N-ethyl adjacent to an activating group) is 1. The SMILES string of the molecule is COc1ccc(CCN(C)C(=O)c2ccccc2SC2CCS(=O)(=O)C2)cc1OC. The monoisotopic (exact) mass is 449 g/mol. The van der Waals surface area contributed by atoms with Gasteiger partial charge in [0.1, 0.15) is 0 Å². The number of amides is 1. The number of sulfone groups is 1. The summed E-state index contributed by atoms with van der Waals surface area (Å²) in [6.07, 6.45) is 1.31. The third-order valence-corrected chi connectivity index (χ3v) is 8.46. The van der Waals surface area contributed by atoms with Crippen molar-refractivity contribution in [2.24, 2.45) is 0 Å². The standard InChI is InChI=1S/C22H27NO5S2/c1-23(12-10-16-8-9-19(27-2)20(14-16)28-3)22(24)18-6-4-5-7-21(18)29-17-11-13-30(25,26)15-17/h4-9,14,17H,10-13,15H2,1-3H3. The summed E-state index contributed by atoms with van der Waals surface area (Å²) in [6.45, 7) is 0.547. The van der Waals surface area contributed by atoms with Gasteiger partial charge in [-0.2, -0.15) is 0 Å². The van der Waals surface area contributed by atoms with E-state index in [1.165, 1.54) is 11.8 Å². The number of rotatable bonds is 8. The second kappa shape index (κ2) is 9.75. The highest BCUT2D eigenvalue weighted by Crippen LogP contribution is 2.33. The number of nitrogens with zero attached hydrogens (tertiary/aromatic N) is 1. The maximum absolute atomic E-state index is 13.1. The molecule has 162 valence electrons. The van der Waals surface area contributed by atoms with Gasteiger partial charge in [-0.15, -0.1) is 11.8 Å². The van der Waals surface area contributed by atoms with Crippen LogP contribution in [0.1, 0.15) is 22.3 Å². The number of benzene rings is 2. The molecule has 1 heterocycles. The van der Waals surface area contributed by atoms with Crippen molar-refractivity contribution >= 4 is 27.5 Å². The molecule has 0 spiro atoms. The largest absolute Gasteiger partial charge is 0.493 e. The predicted molar refractivity (Wildman–Crippen MR) is 120 cm³/mol. The molecule has 0 bridgehead atoms. The number of methoxy groups -OCH3 is 2. The van der Waals surface area contributed by atoms with Crippen LogP contribution in [0.4, 0.5) is 0 Å². The molecule has 1 aliphatic heterocycles. The van der Waals surface area contributed by atoms with Gasteiger partial charge < -0.3 is 14.4 Å². The lowest BCUT2D eigenvalue weighted by Gasteiger charge is -2.20. The Morgan fingerprint density at radius 1 is 1.13 bits per heavy atom. The van der Waals surface area contributed by atoms with Gasteiger partial charge in [-0.1, -0.05) is 18.2 Å². The molecule has 8 heteroatoms. The van der Waals surface area contributed by atoms with E-state index in [2.05, 4.69) is 0 Å². The van der Waals surface area contributed by atoms with Crippen LogP contribution < -0.4 is 9.47 Å². The van der Waals surface area contributed by atoms with Gasteiger partial charge >= 0.3 is 0 Å². The number of thioether (sulfide) groups is 1. The quantitative estimate of drug-likeness (QED) is 0.616. The Bertz CT molecular complexity index is 1010. The van der Waals surface area contributed by atoms with Crippen molar-refractivity contribution in [3.05, 3.63) is 53.6 Å². The summed E-state index contributed by atoms with van der Waals surface area (Å²) in [4.78, 5) is 15.6. The van der Waals surface area contributed by atoms with Crippen LogP contribution in [0.5, 0.6) is 11.5 Å². The van der Waals surface area contributed by atoms with E-state index in [0.717, 1.165) is 10.5 Å². The second-order valence-electron chi connectivity index (χ2n) is 7.31. The molecule has 1 amide bonds. The van der Waals surface area contributed by atoms with Crippen molar-refractivity contribution in [3.8, 4) is 11.5 Å². The summed E-state index contributed by atoms with van der Waals surface area (Å²) in [6, 6.07) is 13.2. The van der Waals surface area contributed by atoms with Crippen LogP contribution in [0.15, 0.2) is 47.4 Å². The number of carbonyl (C=O) groups excluding carboxylic acids is 1. The van der Waals surface area contributed by atoms with Gasteiger partial charge in [0.15, 0.2) is 21.3 Å². The van der Waals surface area contributed by atoms with Gasteiger partial charge in [0, 0.05) is 23.7 Å². The average molecular weight is 450 g/mol. The van der Waals surface area contributed by atoms with Crippen LogP contribution in [0.25, 0.3) is 0 Å². The van der Waals surface area contributed by atoms with Gasteiger partial charge in [0.05, 0.1) is 31.3 Å². The molecule has 1 unspecified atom stereocenters. The molecule has 0 saturated carbocycles. The topological polar surface area (TPSA) is 72.9 Å². The molecule has 3 rings (SSSR count). The molecule has 2 aromatic rings. The molecule has 2 aromatic carbocycles. The highest BCUT2D eigenvalue weighted by atomic mass is 32.2. The summed E-state index contributed by atoms with van der Waals surface area (Å²) < 4.78 is 34.1. The smallest absolute Gasteiger partial charge is 0.254 e. The molecule has 1 atom stereocenters. The van der Waals surface area contributed by atoms with E-state index in [9.17, 15) is 13.2 Å². The zero-order valence-electron chi connectivity index (χ0n) is 17.5. The fourth-order valence-corrected chi connectivity index (χ4v) is 7.04. The first-order valence-corrected chi connectivity index (χ1v) is 12.5. The van der Waals surface area contributed by atoms with Crippen molar-refractivity contribution in [2.75, 3.05) is 39.3 Å². The summed E-state index contributed by atoms with van der Waals surface area (Å²) in [7, 11) is 2.03. The zero-order valence-corrected chi connectivity index (χ0v) is 19.1. The Hall–Kier alpha value is -2.19. The van der Waals surface area contributed by atoms with Crippen molar-refractivity contribution in [1.29, 1.82) is 0 Å². The summed E-state index contributed by atoms with van der Waals surface area (Å²) >= 11 is 1.49. The number of ether oxygens (including phenoxy) is 2. The lowest BCUT2D eigenvalue weighted by Crippen LogP contribution is -2.29. The van der Waals surface area contributed by atoms with E-state index in [1.807, 2.05) is 36.4 Å². The maximum Gasteiger partial charge on any atom is 0.254 e. The Morgan fingerprint density at radius 2 is 1.87 bits per heavy atom. The van der Waals surface area contributed by atoms with E-state index in [0.29, 0.717) is 36.4 Å². The lowest BCUT2D eigenvalue weighted by atomic mass is 10.1. The Morgan fingerprint density at radius 3 is 2.53 bits per heavy atom. The highest BCUT2D eigenvalue weighted by Gasteiger charge is 2.29. The predicted octanol–water partition coefficient (Wildman–Crippen LogP) is 3.30. The van der Waals surface area contributed by atoms with Crippen LogP contribution >= 0.6 is 11.8 Å². The summed E-state index contributed by atoms with van der Waals surface area (Å²) in [5.74, 6) is 1.67. The van der Waals surface area contributed by atoms with Gasteiger partial charge in [-0.05, 0) is 42.7 Å². The first-order valence-electron chi connectivity index (χ1n) is 9.75. The Labute approximate surface area is 182 Å². The molecule has 30 heavy (non-hydrogen) atoms. The number of hydrogen-bond acceptors (Lipinski definition) is 6. The number of carbonyl (C=O) groups is 1. The van der Waals surface area contributed by atoms with E-state index in [4.69, 9.17) is 9.47 Å². The van der Waals surface area contributed by atoms with E-state index < -0.39 is 9.84 Å². The highest BCUT2D eigenvalue weighted by molar-refractivity contribution is 8.02. The van der Waals surface area contributed by atoms with Crippen LogP contribution in [-0.2, 0) is 16.3 Å². The van der Waals surface area contributed by atoms with E-state index in [-0.39, 0.29) is 22.7 Å². The first kappa shape index (κ1) is 22.5. The van der Waals surface area contributed by atoms with Crippen LogP contribution in [0, 0.1) is 0 Å². The van der Waals surface area contributed by atoms with E-state index in [1.54, 1.807) is 32.2 Å². The Balaban J connectivity index is 1.66. The number of hydrogen-bond donors (Lipinski definition) is 0. The Kier molecular flexibility index (Phi) is 7.31.